The molecular weight excluding hydrogens is 320 g/mol. The summed E-state index contributed by atoms with van der Waals surface area (Å²) in [7, 11) is 0. The Bertz CT molecular complexity index is 886. The number of H-pyrrole nitrogens is 1. The minimum atomic E-state index is -0.716. The Kier molecular flexibility index (Phi) is 4.66. The lowest BCUT2D eigenvalue weighted by atomic mass is 10.0. The zero-order valence-electron chi connectivity index (χ0n) is 12.3. The Morgan fingerprint density at radius 3 is 2.74 bits per heavy atom. The fourth-order valence-corrected chi connectivity index (χ4v) is 2.43. The molecule has 1 aromatic carbocycles. The molecule has 0 unspecified atom stereocenters. The number of aromatic nitrogens is 2. The summed E-state index contributed by atoms with van der Waals surface area (Å²) in [5.74, 6) is -0.617. The number of hydrogen-bond donors (Lipinski definition) is 2. The Morgan fingerprint density at radius 1 is 1.52 bits per heavy atom. The van der Waals surface area contributed by atoms with Crippen LogP contribution in [0.2, 0.25) is 0 Å². The summed E-state index contributed by atoms with van der Waals surface area (Å²) in [4.78, 5) is 28.9. The number of nitriles is 1. The van der Waals surface area contributed by atoms with Crippen molar-refractivity contribution in [1.82, 2.24) is 9.97 Å². The smallest absolute Gasteiger partial charge is 0.311 e. The van der Waals surface area contributed by atoms with Crippen LogP contribution < -0.4 is 5.56 Å². The van der Waals surface area contributed by atoms with Gasteiger partial charge in [0, 0.05) is 6.07 Å². The van der Waals surface area contributed by atoms with E-state index < -0.39 is 21.9 Å². The molecule has 0 amide bonds. The number of nitro groups is 1. The van der Waals surface area contributed by atoms with Crippen LogP contribution >= 0.6 is 11.8 Å². The van der Waals surface area contributed by atoms with Gasteiger partial charge in [-0.3, -0.25) is 14.9 Å². The van der Waals surface area contributed by atoms with Crippen molar-refractivity contribution in [3.8, 4) is 23.1 Å². The highest BCUT2D eigenvalue weighted by atomic mass is 32.2. The maximum absolute atomic E-state index is 12.0. The number of nitro benzene ring substituents is 1. The molecule has 23 heavy (non-hydrogen) atoms. The third-order valence-electron chi connectivity index (χ3n) is 3.21. The van der Waals surface area contributed by atoms with E-state index in [1.807, 2.05) is 0 Å². The number of aromatic hydroxyl groups is 1. The van der Waals surface area contributed by atoms with Crippen LogP contribution in [0.3, 0.4) is 0 Å². The Labute approximate surface area is 135 Å². The van der Waals surface area contributed by atoms with E-state index in [-0.39, 0.29) is 22.0 Å². The maximum Gasteiger partial charge on any atom is 0.311 e. The lowest BCUT2D eigenvalue weighted by Crippen LogP contribution is -2.14. The van der Waals surface area contributed by atoms with Crippen LogP contribution in [0.4, 0.5) is 5.69 Å². The molecule has 0 aliphatic carbocycles. The molecule has 0 bridgehead atoms. The molecule has 2 aromatic rings. The fourth-order valence-electron chi connectivity index (χ4n) is 2.05. The van der Waals surface area contributed by atoms with Gasteiger partial charge < -0.3 is 10.1 Å². The number of thioether (sulfide) groups is 1. The van der Waals surface area contributed by atoms with E-state index in [4.69, 9.17) is 0 Å². The van der Waals surface area contributed by atoms with Crippen molar-refractivity contribution in [3.63, 3.8) is 0 Å². The van der Waals surface area contributed by atoms with Gasteiger partial charge in [-0.15, -0.1) is 0 Å². The predicted molar refractivity (Wildman–Crippen MR) is 84.5 cm³/mol. The second-order valence-corrected chi connectivity index (χ2v) is 5.33. The zero-order chi connectivity index (χ0) is 17.1. The molecule has 1 aromatic heterocycles. The van der Waals surface area contributed by atoms with E-state index in [2.05, 4.69) is 9.97 Å². The van der Waals surface area contributed by atoms with Crippen LogP contribution in [0.25, 0.3) is 11.3 Å². The van der Waals surface area contributed by atoms with E-state index in [1.165, 1.54) is 12.1 Å². The number of phenolic OH excluding ortho intramolecular Hbond substituents is 1. The molecule has 0 aliphatic heterocycles. The summed E-state index contributed by atoms with van der Waals surface area (Å²) in [6, 6.07) is 4.48. The number of hydrogen-bond acceptors (Lipinski definition) is 7. The van der Waals surface area contributed by atoms with Crippen molar-refractivity contribution < 1.29 is 10.0 Å². The minimum absolute atomic E-state index is 0.00556. The molecule has 0 fully saturated rings. The number of aryl methyl sites for hydroxylation is 1. The van der Waals surface area contributed by atoms with Gasteiger partial charge in [-0.2, -0.15) is 5.26 Å². The second-order valence-electron chi connectivity index (χ2n) is 4.53. The predicted octanol–water partition coefficient (Wildman–Crippen LogP) is 2.21. The third-order valence-corrected chi connectivity index (χ3v) is 3.79. The van der Waals surface area contributed by atoms with Crippen molar-refractivity contribution in [2.24, 2.45) is 0 Å². The van der Waals surface area contributed by atoms with E-state index >= 15 is 0 Å². The number of nitrogens with one attached hydrogen (secondary N) is 1. The van der Waals surface area contributed by atoms with E-state index in [9.17, 15) is 25.3 Å². The highest BCUT2D eigenvalue weighted by Crippen LogP contribution is 2.38. The summed E-state index contributed by atoms with van der Waals surface area (Å²) in [6.07, 6.45) is 2.16. The fraction of sp³-hybridized carbons (Fsp3) is 0.214. The average Bonchev–Trinajstić information content (AvgIpc) is 2.53. The first-order chi connectivity index (χ1) is 10.9. The van der Waals surface area contributed by atoms with E-state index in [0.29, 0.717) is 12.0 Å². The topological polar surface area (TPSA) is 133 Å². The molecule has 1 heterocycles. The van der Waals surface area contributed by atoms with Crippen LogP contribution in [-0.2, 0) is 6.42 Å². The van der Waals surface area contributed by atoms with Gasteiger partial charge in [0.15, 0.2) is 5.16 Å². The van der Waals surface area contributed by atoms with Gasteiger partial charge >= 0.3 is 5.69 Å². The van der Waals surface area contributed by atoms with Gasteiger partial charge in [0.05, 0.1) is 10.5 Å². The highest BCUT2D eigenvalue weighted by Gasteiger charge is 2.24. The summed E-state index contributed by atoms with van der Waals surface area (Å²) < 4.78 is 0. The summed E-state index contributed by atoms with van der Waals surface area (Å²) in [6.45, 7) is 1.80. The van der Waals surface area contributed by atoms with Crippen molar-refractivity contribution in [2.75, 3.05) is 6.26 Å². The van der Waals surface area contributed by atoms with Crippen LogP contribution in [0.15, 0.2) is 22.1 Å². The number of nitrogens with zero attached hydrogens (tertiary/aromatic N) is 3. The molecule has 118 valence electrons. The molecule has 2 N–H and O–H groups in total. The first-order valence-electron chi connectivity index (χ1n) is 6.52. The maximum atomic E-state index is 12.0. The zero-order valence-corrected chi connectivity index (χ0v) is 13.1. The Hall–Kier alpha value is -2.86. The number of aromatic amines is 1. The number of phenols is 1. The molecule has 0 atom stereocenters. The van der Waals surface area contributed by atoms with Gasteiger partial charge in [-0.1, -0.05) is 18.7 Å². The van der Waals surface area contributed by atoms with Gasteiger partial charge in [-0.25, -0.2) is 4.98 Å². The number of benzene rings is 1. The Balaban J connectivity index is 2.89. The standard InChI is InChI=1S/C14H12N4O4S/c1-3-7-4-8(12(19)10(5-7)18(21)22)11-9(6-15)13(20)17-14(16-11)23-2/h4-5,19H,3H2,1-2H3,(H,16,17,20). The Morgan fingerprint density at radius 2 is 2.22 bits per heavy atom. The summed E-state index contributed by atoms with van der Waals surface area (Å²) >= 11 is 1.15. The van der Waals surface area contributed by atoms with Gasteiger partial charge in [0.2, 0.25) is 5.75 Å². The molecule has 0 saturated carbocycles. The molecule has 0 spiro atoms. The quantitative estimate of drug-likeness (QED) is 0.379. The van der Waals surface area contributed by atoms with Crippen LogP contribution in [0, 0.1) is 21.4 Å². The normalized spacial score (nSPS) is 10.3. The summed E-state index contributed by atoms with van der Waals surface area (Å²) in [5, 5.41) is 30.7. The first kappa shape index (κ1) is 16.5. The van der Waals surface area contributed by atoms with Crippen LogP contribution in [0.5, 0.6) is 5.75 Å². The third kappa shape index (κ3) is 3.02. The molecule has 2 rings (SSSR count). The molecule has 0 saturated heterocycles. The molecule has 0 radical (unpaired) electrons. The SMILES string of the molecule is CCc1cc(-c2nc(SC)[nH]c(=O)c2C#N)c(O)c([N+](=O)[O-])c1. The average molecular weight is 332 g/mol. The van der Waals surface area contributed by atoms with Gasteiger partial charge in [0.1, 0.15) is 17.3 Å². The largest absolute Gasteiger partial charge is 0.502 e. The lowest BCUT2D eigenvalue weighted by molar-refractivity contribution is -0.385. The van der Waals surface area contributed by atoms with Gasteiger partial charge in [0.25, 0.3) is 5.56 Å². The van der Waals surface area contributed by atoms with Crippen LogP contribution in [0.1, 0.15) is 18.1 Å². The molecule has 0 aliphatic rings. The van der Waals surface area contributed by atoms with E-state index in [0.717, 1.165) is 11.8 Å². The van der Waals surface area contributed by atoms with Crippen LogP contribution in [-0.4, -0.2) is 26.3 Å². The summed E-state index contributed by atoms with van der Waals surface area (Å²) in [5.41, 5.74) is -0.950. The highest BCUT2D eigenvalue weighted by molar-refractivity contribution is 7.98. The molecular formula is C14H12N4O4S. The first-order valence-corrected chi connectivity index (χ1v) is 7.74. The second kappa shape index (κ2) is 6.50. The van der Waals surface area contributed by atoms with Crippen molar-refractivity contribution in [3.05, 3.63) is 43.7 Å². The van der Waals surface area contributed by atoms with Gasteiger partial charge in [-0.05, 0) is 24.3 Å². The number of rotatable bonds is 4. The molecule has 8 nitrogen and oxygen atoms in total. The monoisotopic (exact) mass is 332 g/mol. The van der Waals surface area contributed by atoms with E-state index in [1.54, 1.807) is 19.2 Å². The van der Waals surface area contributed by atoms with Crippen molar-refractivity contribution in [2.45, 2.75) is 18.5 Å². The lowest BCUT2D eigenvalue weighted by Gasteiger charge is -2.09. The molecule has 9 heteroatoms. The van der Waals surface area contributed by atoms with Crippen molar-refractivity contribution >= 4 is 17.4 Å². The van der Waals surface area contributed by atoms with Crippen molar-refractivity contribution in [1.29, 1.82) is 5.26 Å². The minimum Gasteiger partial charge on any atom is -0.502 e.